The van der Waals surface area contributed by atoms with Crippen molar-refractivity contribution in [3.05, 3.63) is 23.8 Å². The van der Waals surface area contributed by atoms with Gasteiger partial charge >= 0.3 is 0 Å². The fourth-order valence-electron chi connectivity index (χ4n) is 8.12. The molecule has 2 N–H and O–H groups in total. The van der Waals surface area contributed by atoms with E-state index in [1.165, 1.54) is 0 Å². The van der Waals surface area contributed by atoms with Crippen LogP contribution < -0.4 is 0 Å². The maximum atomic E-state index is 13.2. The zero-order chi connectivity index (χ0) is 22.2. The van der Waals surface area contributed by atoms with Gasteiger partial charge in [-0.2, -0.15) is 0 Å². The lowest BCUT2D eigenvalue weighted by Gasteiger charge is -2.59. The van der Waals surface area contributed by atoms with E-state index in [0.717, 1.165) is 24.8 Å². The van der Waals surface area contributed by atoms with Crippen LogP contribution >= 0.6 is 0 Å². The smallest absolute Gasteiger partial charge is 0.193 e. The summed E-state index contributed by atoms with van der Waals surface area (Å²) in [5.41, 5.74) is -1.05. The van der Waals surface area contributed by atoms with Gasteiger partial charge in [0.05, 0.1) is 12.2 Å². The summed E-state index contributed by atoms with van der Waals surface area (Å²) in [6, 6.07) is 0. The van der Waals surface area contributed by atoms with Gasteiger partial charge in [-0.25, -0.2) is 0 Å². The Morgan fingerprint density at radius 1 is 1.32 bits per heavy atom. The fourth-order valence-corrected chi connectivity index (χ4v) is 8.12. The monoisotopic (exact) mass is 430 g/mol. The number of allylic oxidation sites excluding steroid dienone is 4. The Labute approximate surface area is 183 Å². The predicted octanol–water partition coefficient (Wildman–Crippen LogP) is 2.72. The van der Waals surface area contributed by atoms with Gasteiger partial charge in [-0.05, 0) is 56.1 Å². The van der Waals surface area contributed by atoms with E-state index in [2.05, 4.69) is 20.8 Å². The summed E-state index contributed by atoms with van der Waals surface area (Å²) in [5.74, 6) is 0.0274. The summed E-state index contributed by atoms with van der Waals surface area (Å²) < 4.78 is 12.7. The second-order valence-electron chi connectivity index (χ2n) is 10.7. The first kappa shape index (κ1) is 21.5. The Bertz CT molecular complexity index is 862. The van der Waals surface area contributed by atoms with Gasteiger partial charge in [0.1, 0.15) is 6.61 Å². The number of hydrogen-bond donors (Lipinski definition) is 2. The second-order valence-corrected chi connectivity index (χ2v) is 10.7. The second kappa shape index (κ2) is 7.08. The van der Waals surface area contributed by atoms with E-state index in [-0.39, 0.29) is 34.7 Å². The van der Waals surface area contributed by atoms with Crippen LogP contribution in [-0.2, 0) is 19.1 Å². The molecule has 0 aromatic rings. The van der Waals surface area contributed by atoms with E-state index in [0.29, 0.717) is 19.3 Å². The van der Waals surface area contributed by atoms with E-state index in [4.69, 9.17) is 9.47 Å². The van der Waals surface area contributed by atoms with E-state index in [1.807, 2.05) is 6.08 Å². The third-order valence-electron chi connectivity index (χ3n) is 9.37. The van der Waals surface area contributed by atoms with E-state index < -0.39 is 36.1 Å². The van der Waals surface area contributed by atoms with Gasteiger partial charge < -0.3 is 19.7 Å². The lowest BCUT2D eigenvalue weighted by atomic mass is 9.46. The van der Waals surface area contributed by atoms with Crippen molar-refractivity contribution in [3.63, 3.8) is 0 Å². The normalized spacial score (nSPS) is 50.4. The minimum Gasteiger partial charge on any atom is -0.393 e. The molecule has 170 valence electrons. The molecule has 0 radical (unpaired) electrons. The maximum Gasteiger partial charge on any atom is 0.193 e. The number of fused-ring (bicyclic) bond motifs is 7. The Morgan fingerprint density at radius 3 is 2.81 bits per heavy atom. The van der Waals surface area contributed by atoms with Crippen LogP contribution in [0.2, 0.25) is 0 Å². The molecule has 6 heteroatoms. The van der Waals surface area contributed by atoms with Gasteiger partial charge in [0.2, 0.25) is 0 Å². The lowest BCUT2D eigenvalue weighted by Crippen LogP contribution is -2.63. The number of hydrogen-bond acceptors (Lipinski definition) is 6. The fraction of sp³-hybridized carbons (Fsp3) is 0.760. The first-order chi connectivity index (χ1) is 14.7. The van der Waals surface area contributed by atoms with Crippen molar-refractivity contribution in [2.24, 2.45) is 28.6 Å². The van der Waals surface area contributed by atoms with Crippen LogP contribution in [0.15, 0.2) is 23.8 Å². The number of aliphatic hydroxyl groups excluding tert-OH is 2. The summed E-state index contributed by atoms with van der Waals surface area (Å²) in [7, 11) is 0. The Hall–Kier alpha value is -1.34. The molecule has 31 heavy (non-hydrogen) atoms. The molecule has 4 aliphatic carbocycles. The average Bonchev–Trinajstić information content (AvgIpc) is 3.20. The van der Waals surface area contributed by atoms with Gasteiger partial charge in [-0.1, -0.05) is 38.8 Å². The Kier molecular flexibility index (Phi) is 4.91. The molecule has 2 unspecified atom stereocenters. The highest BCUT2D eigenvalue weighted by atomic mass is 16.7. The average molecular weight is 431 g/mol. The van der Waals surface area contributed by atoms with E-state index >= 15 is 0 Å². The van der Waals surface area contributed by atoms with E-state index in [1.54, 1.807) is 12.2 Å². The quantitative estimate of drug-likeness (QED) is 0.712. The molecular formula is C25H34O6. The minimum absolute atomic E-state index is 0.0125. The number of carbonyl (C=O) groups excluding carboxylic acids is 2. The number of ketones is 2. The molecule has 9 atom stereocenters. The highest BCUT2D eigenvalue weighted by Crippen LogP contribution is 2.69. The zero-order valence-electron chi connectivity index (χ0n) is 18.7. The van der Waals surface area contributed by atoms with Gasteiger partial charge in [-0.15, -0.1) is 0 Å². The first-order valence-corrected chi connectivity index (χ1v) is 11.8. The van der Waals surface area contributed by atoms with Crippen LogP contribution in [0.25, 0.3) is 0 Å². The van der Waals surface area contributed by atoms with Crippen LogP contribution in [-0.4, -0.2) is 52.5 Å². The largest absolute Gasteiger partial charge is 0.393 e. The van der Waals surface area contributed by atoms with Crippen molar-refractivity contribution in [1.29, 1.82) is 0 Å². The number of ether oxygens (including phenoxy) is 2. The molecule has 0 bridgehead atoms. The van der Waals surface area contributed by atoms with Crippen molar-refractivity contribution < 1.29 is 29.3 Å². The number of rotatable bonds is 4. The number of carbonyl (C=O) groups is 2. The molecule has 0 aromatic carbocycles. The van der Waals surface area contributed by atoms with Crippen molar-refractivity contribution in [2.45, 2.75) is 83.4 Å². The summed E-state index contributed by atoms with van der Waals surface area (Å²) in [4.78, 5) is 25.2. The van der Waals surface area contributed by atoms with Crippen molar-refractivity contribution in [1.82, 2.24) is 0 Å². The van der Waals surface area contributed by atoms with Crippen LogP contribution in [0.3, 0.4) is 0 Å². The lowest BCUT2D eigenvalue weighted by molar-refractivity contribution is -0.200. The van der Waals surface area contributed by atoms with Gasteiger partial charge in [0.15, 0.2) is 23.5 Å². The minimum atomic E-state index is -1.20. The molecule has 0 spiro atoms. The molecule has 6 nitrogen and oxygen atoms in total. The maximum absolute atomic E-state index is 13.2. The molecule has 0 aromatic heterocycles. The molecular weight excluding hydrogens is 396 g/mol. The molecule has 1 aliphatic heterocycles. The SMILES string of the molecule is CCCC1O[C@@H]2C[C@H]3C4CCC5=CC(=O)C=C[C@]5(C)[C@H]4[C@@H](O)C[C@]3(C)[C@]2(C(=O)CO)O1. The molecule has 1 saturated heterocycles. The van der Waals surface area contributed by atoms with Gasteiger partial charge in [0, 0.05) is 16.7 Å². The molecule has 5 aliphatic rings. The summed E-state index contributed by atoms with van der Waals surface area (Å²) in [6.07, 6.45) is 8.31. The molecule has 5 rings (SSSR count). The van der Waals surface area contributed by atoms with Gasteiger partial charge in [0.25, 0.3) is 0 Å². The molecule has 1 heterocycles. The van der Waals surface area contributed by atoms with Crippen molar-refractivity contribution in [2.75, 3.05) is 6.61 Å². The van der Waals surface area contributed by atoms with Crippen molar-refractivity contribution >= 4 is 11.6 Å². The van der Waals surface area contributed by atoms with Crippen LogP contribution in [0.4, 0.5) is 0 Å². The van der Waals surface area contributed by atoms with Crippen molar-refractivity contribution in [3.8, 4) is 0 Å². The van der Waals surface area contributed by atoms with Crippen LogP contribution in [0.1, 0.15) is 59.3 Å². The summed E-state index contributed by atoms with van der Waals surface area (Å²) in [6.45, 7) is 5.67. The zero-order valence-corrected chi connectivity index (χ0v) is 18.7. The standard InChI is InChI=1S/C25H34O6/c1-4-5-21-30-20-11-17-16-7-6-14-10-15(27)8-9-23(14,2)22(16)18(28)12-24(17,3)25(20,31-21)19(29)13-26/h8-10,16-18,20-22,26,28H,4-7,11-13H2,1-3H3/t16?,17-,18-,20+,21?,22+,23-,24-,25+/m0/s1. The topological polar surface area (TPSA) is 93.1 Å². The number of aliphatic hydroxyl groups is 2. The van der Waals surface area contributed by atoms with E-state index in [9.17, 15) is 19.8 Å². The Balaban J connectivity index is 1.55. The third kappa shape index (κ3) is 2.65. The molecule has 3 saturated carbocycles. The van der Waals surface area contributed by atoms with Crippen LogP contribution in [0.5, 0.6) is 0 Å². The summed E-state index contributed by atoms with van der Waals surface area (Å²) >= 11 is 0. The molecule has 4 fully saturated rings. The number of Topliss-reactive ketones (excluding diaryl/α,β-unsaturated/α-hetero) is 1. The van der Waals surface area contributed by atoms with Gasteiger partial charge in [-0.3, -0.25) is 9.59 Å². The predicted molar refractivity (Wildman–Crippen MR) is 113 cm³/mol. The Morgan fingerprint density at radius 2 is 2.10 bits per heavy atom. The third-order valence-corrected chi connectivity index (χ3v) is 9.37. The first-order valence-electron chi connectivity index (χ1n) is 11.8. The molecule has 0 amide bonds. The highest BCUT2D eigenvalue weighted by molar-refractivity contribution is 6.01. The van der Waals surface area contributed by atoms with Crippen LogP contribution in [0, 0.1) is 28.6 Å². The highest BCUT2D eigenvalue weighted by Gasteiger charge is 2.75. The summed E-state index contributed by atoms with van der Waals surface area (Å²) in [5, 5.41) is 21.4.